The second kappa shape index (κ2) is 55.5. The van der Waals surface area contributed by atoms with Gasteiger partial charge >= 0.3 is 0 Å². The number of hydrogen-bond acceptors (Lipinski definition) is 13. The van der Waals surface area contributed by atoms with Crippen molar-refractivity contribution < 1.29 is 64.6 Å². The summed E-state index contributed by atoms with van der Waals surface area (Å²) >= 11 is 0. The zero-order chi connectivity index (χ0) is 61.6. The van der Waals surface area contributed by atoms with E-state index in [-0.39, 0.29) is 12.5 Å². The molecule has 2 aliphatic rings. The maximum absolute atomic E-state index is 13.4. The highest BCUT2D eigenvalue weighted by atomic mass is 16.7. The molecule has 14 heteroatoms. The van der Waals surface area contributed by atoms with Crippen LogP contribution in [0.4, 0.5) is 0 Å². The second-order valence-corrected chi connectivity index (χ2v) is 24.3. The summed E-state index contributed by atoms with van der Waals surface area (Å²) in [5, 5.41) is 87.6. The molecule has 0 bridgehead atoms. The minimum Gasteiger partial charge on any atom is -0.394 e. The van der Waals surface area contributed by atoms with Crippen molar-refractivity contribution in [2.45, 2.75) is 351 Å². The molecule has 9 N–H and O–H groups in total. The van der Waals surface area contributed by atoms with E-state index in [0.29, 0.717) is 19.3 Å². The molecule has 1 amide bonds. The van der Waals surface area contributed by atoms with Gasteiger partial charge in [0.2, 0.25) is 5.91 Å². The number of aliphatic hydroxyl groups is 8. The average molecular weight is 1200 g/mol. The first kappa shape index (κ1) is 78.5. The molecule has 0 aliphatic carbocycles. The summed E-state index contributed by atoms with van der Waals surface area (Å²) in [7, 11) is 0. The largest absolute Gasteiger partial charge is 0.394 e. The fourth-order valence-electron chi connectivity index (χ4n) is 11.2. The van der Waals surface area contributed by atoms with E-state index < -0.39 is 86.8 Å². The third-order valence-corrected chi connectivity index (χ3v) is 16.7. The lowest BCUT2D eigenvalue weighted by molar-refractivity contribution is -0.359. The summed E-state index contributed by atoms with van der Waals surface area (Å²) in [4.78, 5) is 13.4. The summed E-state index contributed by atoms with van der Waals surface area (Å²) in [6.45, 7) is 2.77. The van der Waals surface area contributed by atoms with E-state index in [9.17, 15) is 45.6 Å². The van der Waals surface area contributed by atoms with Gasteiger partial charge in [-0.05, 0) is 64.2 Å². The van der Waals surface area contributed by atoms with Gasteiger partial charge in [-0.1, -0.05) is 279 Å². The van der Waals surface area contributed by atoms with Crippen LogP contribution in [0.3, 0.4) is 0 Å². The molecule has 2 aliphatic heterocycles. The Labute approximate surface area is 517 Å². The van der Waals surface area contributed by atoms with E-state index in [0.717, 1.165) is 89.9 Å². The quantitative estimate of drug-likeness (QED) is 0.0204. The van der Waals surface area contributed by atoms with Gasteiger partial charge in [-0.15, -0.1) is 0 Å². The lowest BCUT2D eigenvalue weighted by Gasteiger charge is -2.46. The maximum Gasteiger partial charge on any atom is 0.220 e. The number of rotatable bonds is 56. The Morgan fingerprint density at radius 2 is 0.812 bits per heavy atom. The SMILES string of the molecule is CC/C=C\C/C=C\C/C=C\C/C=C\C/C=C\C/C=C\CCCCCCCCCCC(=O)NC(COC1OC(CO)C(OC2OC(CO)C(O)C(O)C2O)C(O)C1O)C(O)CCCCCCCCCCCCCCCCCCCCCCCCCC. The predicted octanol–water partition coefficient (Wildman–Crippen LogP) is 13.8. The third-order valence-electron chi connectivity index (χ3n) is 16.7. The molecular weight excluding hydrogens is 1070 g/mol. The van der Waals surface area contributed by atoms with Gasteiger partial charge in [-0.2, -0.15) is 0 Å². The number of amides is 1. The van der Waals surface area contributed by atoms with Crippen LogP contribution >= 0.6 is 0 Å². The Kier molecular flexibility index (Phi) is 51.3. The van der Waals surface area contributed by atoms with E-state index in [2.05, 4.69) is 92.1 Å². The van der Waals surface area contributed by atoms with Crippen molar-refractivity contribution in [3.8, 4) is 0 Å². The van der Waals surface area contributed by atoms with E-state index in [4.69, 9.17) is 18.9 Å². The molecule has 2 fully saturated rings. The smallest absolute Gasteiger partial charge is 0.220 e. The minimum absolute atomic E-state index is 0.215. The molecule has 0 aromatic carbocycles. The van der Waals surface area contributed by atoms with E-state index >= 15 is 0 Å². The van der Waals surface area contributed by atoms with Crippen molar-refractivity contribution in [2.24, 2.45) is 0 Å². The third kappa shape index (κ3) is 39.9. The van der Waals surface area contributed by atoms with Gasteiger partial charge in [0.1, 0.15) is 48.8 Å². The average Bonchev–Trinajstić information content (AvgIpc) is 3.68. The number of nitrogens with one attached hydrogen (secondary N) is 1. The molecule has 494 valence electrons. The van der Waals surface area contributed by atoms with Crippen LogP contribution in [0.2, 0.25) is 0 Å². The van der Waals surface area contributed by atoms with Crippen molar-refractivity contribution in [2.75, 3.05) is 19.8 Å². The monoisotopic (exact) mass is 1200 g/mol. The molecule has 85 heavy (non-hydrogen) atoms. The van der Waals surface area contributed by atoms with Crippen molar-refractivity contribution in [1.82, 2.24) is 5.32 Å². The summed E-state index contributed by atoms with van der Waals surface area (Å²) in [6.07, 6.45) is 57.6. The lowest BCUT2D eigenvalue weighted by atomic mass is 9.97. The molecular formula is C71H127NO13. The van der Waals surface area contributed by atoms with Crippen LogP contribution in [0.5, 0.6) is 0 Å². The van der Waals surface area contributed by atoms with Crippen molar-refractivity contribution in [1.29, 1.82) is 0 Å². The molecule has 0 aromatic rings. The maximum atomic E-state index is 13.4. The fourth-order valence-corrected chi connectivity index (χ4v) is 11.2. The molecule has 0 radical (unpaired) electrons. The first-order chi connectivity index (χ1) is 41.6. The zero-order valence-electron chi connectivity index (χ0n) is 53.6. The summed E-state index contributed by atoms with van der Waals surface area (Å²) in [5.41, 5.74) is 0. The first-order valence-electron chi connectivity index (χ1n) is 34.7. The van der Waals surface area contributed by atoms with Crippen LogP contribution < -0.4 is 5.32 Å². The molecule has 0 saturated carbocycles. The fraction of sp³-hybridized carbons (Fsp3) is 0.817. The Hall–Kier alpha value is -2.57. The standard InChI is InChI=1S/C71H127NO13/c1-3-5-7-9-11-13-15-17-19-21-23-25-27-29-30-31-33-35-37-39-41-43-45-47-49-51-53-55-63(76)72-59(58-82-70-68(81)66(79)69(62(57-74)84-70)85-71-67(80)65(78)64(77)61(56-73)83-71)60(75)54-52-50-48-46-44-42-40-38-36-34-32-28-26-24-22-20-18-16-14-12-10-8-6-4-2/h5,7,11,13,17,19,23,25,29-30,33,35,59-62,64-71,73-75,77-81H,3-4,6,8-10,12,14-16,18,20-22,24,26-28,31-32,34,36-58H2,1-2H3,(H,72,76)/b7-5-,13-11-,19-17-,25-23-,30-29-,35-33-. The zero-order valence-corrected chi connectivity index (χ0v) is 53.6. The number of carbonyl (C=O) groups excluding carboxylic acids is 1. The normalized spacial score (nSPS) is 24.0. The molecule has 2 heterocycles. The molecule has 2 rings (SSSR count). The van der Waals surface area contributed by atoms with Crippen LogP contribution in [-0.4, -0.2) is 140 Å². The van der Waals surface area contributed by atoms with E-state index in [1.807, 2.05) is 0 Å². The van der Waals surface area contributed by atoms with Crippen LogP contribution in [0, 0.1) is 0 Å². The van der Waals surface area contributed by atoms with Crippen LogP contribution in [0.25, 0.3) is 0 Å². The topological polar surface area (TPSA) is 228 Å². The van der Waals surface area contributed by atoms with Crippen molar-refractivity contribution >= 4 is 5.91 Å². The summed E-state index contributed by atoms with van der Waals surface area (Å²) < 4.78 is 22.9. The van der Waals surface area contributed by atoms with Gasteiger partial charge in [-0.3, -0.25) is 4.79 Å². The Bertz CT molecular complexity index is 1700. The number of hydrogen-bond donors (Lipinski definition) is 9. The van der Waals surface area contributed by atoms with Gasteiger partial charge in [-0.25, -0.2) is 0 Å². The highest BCUT2D eigenvalue weighted by molar-refractivity contribution is 5.76. The highest BCUT2D eigenvalue weighted by Gasteiger charge is 2.51. The van der Waals surface area contributed by atoms with Gasteiger partial charge in [0, 0.05) is 6.42 Å². The number of allylic oxidation sites excluding steroid dienone is 12. The van der Waals surface area contributed by atoms with Gasteiger partial charge in [0.05, 0.1) is 32.0 Å². The van der Waals surface area contributed by atoms with Crippen LogP contribution in [0.15, 0.2) is 72.9 Å². The Morgan fingerprint density at radius 3 is 1.25 bits per heavy atom. The summed E-state index contributed by atoms with van der Waals surface area (Å²) in [5.74, 6) is -0.215. The lowest BCUT2D eigenvalue weighted by Crippen LogP contribution is -2.65. The number of ether oxygens (including phenoxy) is 4. The van der Waals surface area contributed by atoms with Crippen molar-refractivity contribution in [3.63, 3.8) is 0 Å². The Balaban J connectivity index is 1.69. The molecule has 0 aromatic heterocycles. The van der Waals surface area contributed by atoms with Gasteiger partial charge in [0.15, 0.2) is 12.6 Å². The molecule has 12 unspecified atom stereocenters. The van der Waals surface area contributed by atoms with Gasteiger partial charge < -0.3 is 65.1 Å². The molecule has 0 spiro atoms. The first-order valence-corrected chi connectivity index (χ1v) is 34.7. The van der Waals surface area contributed by atoms with E-state index in [1.165, 1.54) is 154 Å². The summed E-state index contributed by atoms with van der Waals surface area (Å²) in [6, 6.07) is -0.839. The second-order valence-electron chi connectivity index (χ2n) is 24.3. The molecule has 2 saturated heterocycles. The minimum atomic E-state index is -1.79. The van der Waals surface area contributed by atoms with Crippen molar-refractivity contribution in [3.05, 3.63) is 72.9 Å². The van der Waals surface area contributed by atoms with Gasteiger partial charge in [0.25, 0.3) is 0 Å². The number of aliphatic hydroxyl groups excluding tert-OH is 8. The molecule has 12 atom stereocenters. The number of carbonyl (C=O) groups is 1. The van der Waals surface area contributed by atoms with Crippen LogP contribution in [-0.2, 0) is 23.7 Å². The number of unbranched alkanes of at least 4 members (excludes halogenated alkanes) is 31. The van der Waals surface area contributed by atoms with Crippen LogP contribution in [0.1, 0.15) is 277 Å². The highest BCUT2D eigenvalue weighted by Crippen LogP contribution is 2.30. The predicted molar refractivity (Wildman–Crippen MR) is 346 cm³/mol. The van der Waals surface area contributed by atoms with E-state index in [1.54, 1.807) is 0 Å². The Morgan fingerprint density at radius 1 is 0.435 bits per heavy atom. The molecule has 14 nitrogen and oxygen atoms in total.